The second-order valence-electron chi connectivity index (χ2n) is 5.48. The minimum absolute atomic E-state index is 0.130. The SMILES string of the molecule is Cc1cc(=O)c2cc(C(=O)NNC(=S)Nc3ccccc3)ccc2[nH]1. The summed E-state index contributed by atoms with van der Waals surface area (Å²) in [7, 11) is 0. The number of para-hydroxylation sites is 1. The first kappa shape index (κ1) is 16.7. The predicted molar refractivity (Wildman–Crippen MR) is 103 cm³/mol. The molecular formula is C18H16N4O2S. The molecule has 3 rings (SSSR count). The maximum atomic E-state index is 12.3. The number of hydrazine groups is 1. The van der Waals surface area contributed by atoms with Gasteiger partial charge in [-0.15, -0.1) is 0 Å². The highest BCUT2D eigenvalue weighted by Gasteiger charge is 2.09. The van der Waals surface area contributed by atoms with Gasteiger partial charge >= 0.3 is 0 Å². The third-order valence-corrected chi connectivity index (χ3v) is 3.75. The van der Waals surface area contributed by atoms with Gasteiger partial charge in [0.1, 0.15) is 0 Å². The molecule has 0 saturated carbocycles. The minimum Gasteiger partial charge on any atom is -0.358 e. The Morgan fingerprint density at radius 2 is 1.80 bits per heavy atom. The van der Waals surface area contributed by atoms with E-state index in [-0.39, 0.29) is 16.4 Å². The Hall–Kier alpha value is -3.19. The summed E-state index contributed by atoms with van der Waals surface area (Å²) in [6.45, 7) is 1.81. The first-order chi connectivity index (χ1) is 12.0. The molecule has 0 aliphatic carbocycles. The van der Waals surface area contributed by atoms with Crippen LogP contribution >= 0.6 is 12.2 Å². The highest BCUT2D eigenvalue weighted by atomic mass is 32.1. The third kappa shape index (κ3) is 4.02. The Morgan fingerprint density at radius 1 is 1.04 bits per heavy atom. The van der Waals surface area contributed by atoms with Gasteiger partial charge in [0.25, 0.3) is 5.91 Å². The zero-order valence-electron chi connectivity index (χ0n) is 13.4. The van der Waals surface area contributed by atoms with E-state index in [1.165, 1.54) is 6.07 Å². The first-order valence-electron chi connectivity index (χ1n) is 7.59. The van der Waals surface area contributed by atoms with Gasteiger partial charge in [0, 0.05) is 33.9 Å². The lowest BCUT2D eigenvalue weighted by Gasteiger charge is -2.11. The Bertz CT molecular complexity index is 999. The van der Waals surface area contributed by atoms with Crippen LogP contribution in [0.25, 0.3) is 10.9 Å². The molecule has 2 aromatic carbocycles. The quantitative estimate of drug-likeness (QED) is 0.420. The molecule has 0 aliphatic rings. The number of aromatic nitrogens is 1. The van der Waals surface area contributed by atoms with Crippen molar-refractivity contribution in [3.8, 4) is 0 Å². The molecule has 3 aromatic rings. The summed E-state index contributed by atoms with van der Waals surface area (Å²) in [6, 6.07) is 15.8. The average Bonchev–Trinajstić information content (AvgIpc) is 2.60. The highest BCUT2D eigenvalue weighted by molar-refractivity contribution is 7.80. The van der Waals surface area contributed by atoms with E-state index in [2.05, 4.69) is 21.2 Å². The largest absolute Gasteiger partial charge is 0.358 e. The molecule has 0 spiro atoms. The number of hydrogen-bond acceptors (Lipinski definition) is 3. The van der Waals surface area contributed by atoms with Gasteiger partial charge < -0.3 is 10.3 Å². The number of rotatable bonds is 2. The van der Waals surface area contributed by atoms with Crippen molar-refractivity contribution in [2.75, 3.05) is 5.32 Å². The Kier molecular flexibility index (Phi) is 4.76. The van der Waals surface area contributed by atoms with Crippen molar-refractivity contribution in [3.63, 3.8) is 0 Å². The fourth-order valence-corrected chi connectivity index (χ4v) is 2.56. The zero-order valence-corrected chi connectivity index (χ0v) is 14.2. The molecule has 6 nitrogen and oxygen atoms in total. The number of fused-ring (bicyclic) bond motifs is 1. The predicted octanol–water partition coefficient (Wildman–Crippen LogP) is 2.47. The number of hydrogen-bond donors (Lipinski definition) is 4. The molecule has 0 aliphatic heterocycles. The molecule has 0 fully saturated rings. The molecule has 0 atom stereocenters. The highest BCUT2D eigenvalue weighted by Crippen LogP contribution is 2.11. The zero-order chi connectivity index (χ0) is 17.8. The van der Waals surface area contributed by atoms with Crippen LogP contribution in [0.15, 0.2) is 59.4 Å². The maximum Gasteiger partial charge on any atom is 0.269 e. The van der Waals surface area contributed by atoms with Crippen molar-refractivity contribution < 1.29 is 4.79 Å². The van der Waals surface area contributed by atoms with Crippen LogP contribution in [0, 0.1) is 6.92 Å². The summed E-state index contributed by atoms with van der Waals surface area (Å²) in [5.41, 5.74) is 7.64. The lowest BCUT2D eigenvalue weighted by atomic mass is 10.1. The van der Waals surface area contributed by atoms with Gasteiger partial charge in [-0.25, -0.2) is 0 Å². The number of aromatic amines is 1. The maximum absolute atomic E-state index is 12.3. The lowest BCUT2D eigenvalue weighted by molar-refractivity contribution is 0.0944. The van der Waals surface area contributed by atoms with Crippen molar-refractivity contribution >= 4 is 39.8 Å². The van der Waals surface area contributed by atoms with E-state index in [1.807, 2.05) is 37.3 Å². The second kappa shape index (κ2) is 7.14. The molecule has 4 N–H and O–H groups in total. The van der Waals surface area contributed by atoms with Crippen LogP contribution < -0.4 is 21.6 Å². The normalized spacial score (nSPS) is 10.3. The van der Waals surface area contributed by atoms with Crippen LogP contribution in [0.4, 0.5) is 5.69 Å². The van der Waals surface area contributed by atoms with Crippen LogP contribution in [0.3, 0.4) is 0 Å². The van der Waals surface area contributed by atoms with Crippen molar-refractivity contribution in [1.82, 2.24) is 15.8 Å². The molecular weight excluding hydrogens is 336 g/mol. The average molecular weight is 352 g/mol. The summed E-state index contributed by atoms with van der Waals surface area (Å²) < 4.78 is 0. The molecule has 0 unspecified atom stereocenters. The number of thiocarbonyl (C=S) groups is 1. The minimum atomic E-state index is -0.390. The molecule has 0 bridgehead atoms. The van der Waals surface area contributed by atoms with Gasteiger partial charge in [-0.1, -0.05) is 18.2 Å². The molecule has 1 aromatic heterocycles. The number of carbonyl (C=O) groups excluding carboxylic acids is 1. The summed E-state index contributed by atoms with van der Waals surface area (Å²) >= 11 is 5.12. The van der Waals surface area contributed by atoms with Gasteiger partial charge in [-0.3, -0.25) is 20.4 Å². The third-order valence-electron chi connectivity index (χ3n) is 3.55. The number of aryl methyl sites for hydroxylation is 1. The van der Waals surface area contributed by atoms with E-state index in [1.54, 1.807) is 18.2 Å². The van der Waals surface area contributed by atoms with Gasteiger partial charge in [0.2, 0.25) is 0 Å². The van der Waals surface area contributed by atoms with Crippen molar-refractivity contribution in [1.29, 1.82) is 0 Å². The van der Waals surface area contributed by atoms with Gasteiger partial charge in [0.15, 0.2) is 10.5 Å². The second-order valence-corrected chi connectivity index (χ2v) is 5.88. The number of H-pyrrole nitrogens is 1. The van der Waals surface area contributed by atoms with Crippen LogP contribution in [-0.2, 0) is 0 Å². The first-order valence-corrected chi connectivity index (χ1v) is 8.00. The number of nitrogens with one attached hydrogen (secondary N) is 4. The number of benzene rings is 2. The van der Waals surface area contributed by atoms with E-state index >= 15 is 0 Å². The molecule has 1 heterocycles. The number of anilines is 1. The Morgan fingerprint density at radius 3 is 2.56 bits per heavy atom. The summed E-state index contributed by atoms with van der Waals surface area (Å²) in [4.78, 5) is 27.4. The molecule has 0 radical (unpaired) electrons. The summed E-state index contributed by atoms with van der Waals surface area (Å²) in [6.07, 6.45) is 0. The van der Waals surface area contributed by atoms with Gasteiger partial charge in [-0.05, 0) is 49.5 Å². The number of pyridine rings is 1. The fraction of sp³-hybridized carbons (Fsp3) is 0.0556. The van der Waals surface area contributed by atoms with E-state index in [0.717, 1.165) is 11.4 Å². The lowest BCUT2D eigenvalue weighted by Crippen LogP contribution is -2.43. The fourth-order valence-electron chi connectivity index (χ4n) is 2.39. The van der Waals surface area contributed by atoms with Crippen LogP contribution in [0.2, 0.25) is 0 Å². The van der Waals surface area contributed by atoms with E-state index < -0.39 is 0 Å². The molecule has 1 amide bonds. The summed E-state index contributed by atoms with van der Waals surface area (Å²) in [5, 5.41) is 3.66. The van der Waals surface area contributed by atoms with Gasteiger partial charge in [0.05, 0.1) is 0 Å². The van der Waals surface area contributed by atoms with E-state index in [0.29, 0.717) is 16.5 Å². The van der Waals surface area contributed by atoms with Gasteiger partial charge in [-0.2, -0.15) is 0 Å². The molecule has 126 valence electrons. The van der Waals surface area contributed by atoms with E-state index in [4.69, 9.17) is 12.2 Å². The molecule has 0 saturated heterocycles. The Balaban J connectivity index is 1.68. The van der Waals surface area contributed by atoms with Crippen molar-refractivity contribution in [3.05, 3.63) is 76.1 Å². The monoisotopic (exact) mass is 352 g/mol. The van der Waals surface area contributed by atoms with Crippen LogP contribution in [0.5, 0.6) is 0 Å². The van der Waals surface area contributed by atoms with E-state index in [9.17, 15) is 9.59 Å². The summed E-state index contributed by atoms with van der Waals surface area (Å²) in [5.74, 6) is -0.390. The topological polar surface area (TPSA) is 86.0 Å². The number of carbonyl (C=O) groups is 1. The standard InChI is InChI=1S/C18H16N4O2S/c1-11-9-16(23)14-10-12(7-8-15(14)19-11)17(24)21-22-18(25)20-13-5-3-2-4-6-13/h2-10H,1H3,(H,19,23)(H,21,24)(H2,20,22,25). The Labute approximate surface area is 149 Å². The van der Waals surface area contributed by atoms with Crippen LogP contribution in [0.1, 0.15) is 16.1 Å². The molecule has 25 heavy (non-hydrogen) atoms. The van der Waals surface area contributed by atoms with Crippen molar-refractivity contribution in [2.24, 2.45) is 0 Å². The van der Waals surface area contributed by atoms with Crippen LogP contribution in [-0.4, -0.2) is 16.0 Å². The number of amides is 1. The van der Waals surface area contributed by atoms with Crippen molar-refractivity contribution in [2.45, 2.75) is 6.92 Å². The smallest absolute Gasteiger partial charge is 0.269 e. The molecule has 7 heteroatoms.